The molecule has 0 saturated carbocycles. The number of amides is 1. The Balaban J connectivity index is 1.57. The Morgan fingerprint density at radius 3 is 2.55 bits per heavy atom. The van der Waals surface area contributed by atoms with E-state index in [1.165, 1.54) is 18.4 Å². The van der Waals surface area contributed by atoms with Crippen molar-refractivity contribution in [1.29, 1.82) is 0 Å². The third-order valence-corrected chi connectivity index (χ3v) is 4.90. The van der Waals surface area contributed by atoms with Crippen LogP contribution in [-0.4, -0.2) is 36.0 Å². The van der Waals surface area contributed by atoms with E-state index < -0.39 is 0 Å². The van der Waals surface area contributed by atoms with Crippen LogP contribution in [0, 0.1) is 5.92 Å². The minimum Gasteiger partial charge on any atom is -0.341 e. The fourth-order valence-corrected chi connectivity index (χ4v) is 3.72. The van der Waals surface area contributed by atoms with E-state index in [-0.39, 0.29) is 5.91 Å². The maximum Gasteiger partial charge on any atom is 0.227 e. The van der Waals surface area contributed by atoms with E-state index in [0.29, 0.717) is 24.4 Å². The molecule has 0 aliphatic carbocycles. The van der Waals surface area contributed by atoms with Crippen molar-refractivity contribution in [1.82, 2.24) is 10.2 Å². The van der Waals surface area contributed by atoms with E-state index in [1.54, 1.807) is 0 Å². The maximum atomic E-state index is 12.6. The average molecular weight is 300 g/mol. The number of carbonyl (C=O) groups excluding carboxylic acids is 1. The Hall–Kier alpha value is -1.35. The molecule has 2 saturated heterocycles. The molecule has 3 rings (SSSR count). The van der Waals surface area contributed by atoms with E-state index in [9.17, 15) is 4.79 Å². The van der Waals surface area contributed by atoms with Crippen LogP contribution in [0.3, 0.4) is 0 Å². The fraction of sp³-hybridized carbons (Fsp3) is 0.632. The molecule has 0 radical (unpaired) electrons. The van der Waals surface area contributed by atoms with E-state index >= 15 is 0 Å². The highest BCUT2D eigenvalue weighted by molar-refractivity contribution is 5.78. The molecule has 2 atom stereocenters. The highest BCUT2D eigenvalue weighted by Crippen LogP contribution is 2.21. The summed E-state index contributed by atoms with van der Waals surface area (Å²) in [6.45, 7) is 6.27. The zero-order valence-corrected chi connectivity index (χ0v) is 13.8. The maximum absolute atomic E-state index is 12.6. The van der Waals surface area contributed by atoms with Crippen LogP contribution in [0.2, 0.25) is 0 Å². The Morgan fingerprint density at radius 2 is 1.82 bits per heavy atom. The summed E-state index contributed by atoms with van der Waals surface area (Å²) in [5, 5.41) is 3.63. The van der Waals surface area contributed by atoms with Crippen LogP contribution >= 0.6 is 0 Å². The van der Waals surface area contributed by atoms with Gasteiger partial charge in [-0.2, -0.15) is 0 Å². The van der Waals surface area contributed by atoms with Crippen LogP contribution in [0.5, 0.6) is 0 Å². The van der Waals surface area contributed by atoms with Crippen LogP contribution in [0.15, 0.2) is 24.3 Å². The number of carbonyl (C=O) groups is 1. The van der Waals surface area contributed by atoms with Crippen molar-refractivity contribution in [3.8, 4) is 0 Å². The number of nitrogens with zero attached hydrogens (tertiary/aromatic N) is 1. The van der Waals surface area contributed by atoms with E-state index in [1.807, 2.05) is 0 Å². The zero-order chi connectivity index (χ0) is 15.5. The SMILES string of the molecule is CC(C)Cc1ccc(CC(=O)N2CCC3CCC(C2)N3)cc1. The molecule has 2 aliphatic rings. The van der Waals surface area contributed by atoms with Crippen molar-refractivity contribution in [3.63, 3.8) is 0 Å². The molecule has 3 heteroatoms. The molecule has 1 N–H and O–H groups in total. The lowest BCUT2D eigenvalue weighted by molar-refractivity contribution is -0.130. The van der Waals surface area contributed by atoms with Gasteiger partial charge in [0.05, 0.1) is 6.42 Å². The van der Waals surface area contributed by atoms with Gasteiger partial charge in [-0.15, -0.1) is 0 Å². The average Bonchev–Trinajstić information content (AvgIpc) is 2.79. The van der Waals surface area contributed by atoms with Gasteiger partial charge in [-0.25, -0.2) is 0 Å². The van der Waals surface area contributed by atoms with Gasteiger partial charge in [0.15, 0.2) is 0 Å². The second-order valence-electron chi connectivity index (χ2n) is 7.36. The van der Waals surface area contributed by atoms with Crippen LogP contribution < -0.4 is 5.32 Å². The molecule has 0 spiro atoms. The number of likely N-dealkylation sites (tertiary alicyclic amines) is 1. The minimum atomic E-state index is 0.283. The molecule has 22 heavy (non-hydrogen) atoms. The molecule has 1 aromatic carbocycles. The first-order valence-corrected chi connectivity index (χ1v) is 8.72. The zero-order valence-electron chi connectivity index (χ0n) is 13.8. The van der Waals surface area contributed by atoms with Gasteiger partial charge in [0.1, 0.15) is 0 Å². The second-order valence-corrected chi connectivity index (χ2v) is 7.36. The minimum absolute atomic E-state index is 0.283. The molecule has 2 unspecified atom stereocenters. The first kappa shape index (κ1) is 15.5. The second kappa shape index (κ2) is 6.82. The predicted octanol–water partition coefficient (Wildman–Crippen LogP) is 2.78. The topological polar surface area (TPSA) is 32.3 Å². The molecule has 0 aromatic heterocycles. The largest absolute Gasteiger partial charge is 0.341 e. The molecule has 3 nitrogen and oxygen atoms in total. The summed E-state index contributed by atoms with van der Waals surface area (Å²) in [4.78, 5) is 14.6. The van der Waals surface area contributed by atoms with Crippen LogP contribution in [-0.2, 0) is 17.6 Å². The smallest absolute Gasteiger partial charge is 0.227 e. The van der Waals surface area contributed by atoms with Crippen molar-refractivity contribution in [2.45, 2.75) is 58.0 Å². The molecule has 2 fully saturated rings. The Morgan fingerprint density at radius 1 is 1.14 bits per heavy atom. The number of rotatable bonds is 4. The van der Waals surface area contributed by atoms with Gasteiger partial charge in [-0.3, -0.25) is 4.79 Å². The Bertz CT molecular complexity index is 509. The highest BCUT2D eigenvalue weighted by atomic mass is 16.2. The van der Waals surface area contributed by atoms with Crippen LogP contribution in [0.1, 0.15) is 44.2 Å². The van der Waals surface area contributed by atoms with Gasteiger partial charge in [0, 0.05) is 25.2 Å². The van der Waals surface area contributed by atoms with Gasteiger partial charge < -0.3 is 10.2 Å². The number of nitrogens with one attached hydrogen (secondary N) is 1. The molecular weight excluding hydrogens is 272 g/mol. The molecule has 1 amide bonds. The van der Waals surface area contributed by atoms with Gasteiger partial charge in [-0.1, -0.05) is 38.1 Å². The van der Waals surface area contributed by atoms with Gasteiger partial charge in [0.2, 0.25) is 5.91 Å². The Kier molecular flexibility index (Phi) is 4.82. The predicted molar refractivity (Wildman–Crippen MR) is 89.8 cm³/mol. The summed E-state index contributed by atoms with van der Waals surface area (Å²) in [6.07, 6.45) is 5.26. The van der Waals surface area contributed by atoms with Crippen molar-refractivity contribution in [2.75, 3.05) is 13.1 Å². The molecule has 2 bridgehead atoms. The summed E-state index contributed by atoms with van der Waals surface area (Å²) < 4.78 is 0. The lowest BCUT2D eigenvalue weighted by atomic mass is 10.0. The van der Waals surface area contributed by atoms with Crippen molar-refractivity contribution in [2.24, 2.45) is 5.92 Å². The third kappa shape index (κ3) is 3.89. The van der Waals surface area contributed by atoms with Gasteiger partial charge >= 0.3 is 0 Å². The van der Waals surface area contributed by atoms with E-state index in [4.69, 9.17) is 0 Å². The number of hydrogen-bond acceptors (Lipinski definition) is 2. The van der Waals surface area contributed by atoms with Crippen molar-refractivity contribution in [3.05, 3.63) is 35.4 Å². The normalized spacial score (nSPS) is 24.6. The third-order valence-electron chi connectivity index (χ3n) is 4.90. The molecule has 2 heterocycles. The highest BCUT2D eigenvalue weighted by Gasteiger charge is 2.30. The lowest BCUT2D eigenvalue weighted by Crippen LogP contribution is -2.39. The first-order valence-electron chi connectivity index (χ1n) is 8.72. The van der Waals surface area contributed by atoms with E-state index in [2.05, 4.69) is 48.3 Å². The summed E-state index contributed by atoms with van der Waals surface area (Å²) in [6, 6.07) is 9.75. The van der Waals surface area contributed by atoms with Crippen LogP contribution in [0.25, 0.3) is 0 Å². The van der Waals surface area contributed by atoms with Gasteiger partial charge in [0.25, 0.3) is 0 Å². The van der Waals surface area contributed by atoms with Crippen LogP contribution in [0.4, 0.5) is 0 Å². The lowest BCUT2D eigenvalue weighted by Gasteiger charge is -2.24. The van der Waals surface area contributed by atoms with E-state index in [0.717, 1.165) is 31.5 Å². The fourth-order valence-electron chi connectivity index (χ4n) is 3.72. The molecular formula is C19H28N2O. The van der Waals surface area contributed by atoms with Gasteiger partial charge in [-0.05, 0) is 42.7 Å². The molecule has 120 valence electrons. The monoisotopic (exact) mass is 300 g/mol. The summed E-state index contributed by atoms with van der Waals surface area (Å²) >= 11 is 0. The quantitative estimate of drug-likeness (QED) is 0.927. The molecule has 2 aliphatic heterocycles. The number of hydrogen-bond donors (Lipinski definition) is 1. The summed E-state index contributed by atoms with van der Waals surface area (Å²) in [5.41, 5.74) is 2.50. The van der Waals surface area contributed by atoms with Crippen molar-refractivity contribution >= 4 is 5.91 Å². The number of benzene rings is 1. The summed E-state index contributed by atoms with van der Waals surface area (Å²) in [5.74, 6) is 0.957. The summed E-state index contributed by atoms with van der Waals surface area (Å²) in [7, 11) is 0. The van der Waals surface area contributed by atoms with Crippen molar-refractivity contribution < 1.29 is 4.79 Å². The first-order chi connectivity index (χ1) is 10.6. The molecule has 1 aromatic rings. The standard InChI is InChI=1S/C19H28N2O/c1-14(2)11-15-3-5-16(6-4-15)12-19(22)21-10-9-17-7-8-18(13-21)20-17/h3-6,14,17-18,20H,7-13H2,1-2H3. The Labute approximate surface area is 134 Å². The number of fused-ring (bicyclic) bond motifs is 2.